The molecule has 0 aliphatic heterocycles. The molecule has 0 aliphatic carbocycles. The molecule has 0 radical (unpaired) electrons. The van der Waals surface area contributed by atoms with E-state index in [-0.39, 0.29) is 0 Å². The van der Waals surface area contributed by atoms with E-state index in [0.29, 0.717) is 13.2 Å². The monoisotopic (exact) mass is 311 g/mol. The highest BCUT2D eigenvalue weighted by Gasteiger charge is 2.02. The third-order valence-corrected chi connectivity index (χ3v) is 3.83. The van der Waals surface area contributed by atoms with Gasteiger partial charge in [0.15, 0.2) is 11.5 Å². The van der Waals surface area contributed by atoms with Gasteiger partial charge >= 0.3 is 0 Å². The fourth-order valence-electron chi connectivity index (χ4n) is 2.05. The molecule has 3 nitrogen and oxygen atoms in total. The van der Waals surface area contributed by atoms with Gasteiger partial charge < -0.3 is 14.8 Å². The maximum Gasteiger partial charge on any atom is 0.161 e. The zero-order valence-electron chi connectivity index (χ0n) is 13.4. The van der Waals surface area contributed by atoms with Crippen molar-refractivity contribution in [1.29, 1.82) is 0 Å². The molecule has 1 rings (SSSR count). The number of thioether (sulfide) groups is 1. The summed E-state index contributed by atoms with van der Waals surface area (Å²) in [4.78, 5) is 0. The number of ether oxygens (including phenoxy) is 2. The highest BCUT2D eigenvalue weighted by Crippen LogP contribution is 2.25. The first-order valence-corrected chi connectivity index (χ1v) is 9.32. The molecule has 0 atom stereocenters. The summed E-state index contributed by atoms with van der Waals surface area (Å²) in [6.07, 6.45) is 7.44. The van der Waals surface area contributed by atoms with Crippen molar-refractivity contribution in [2.24, 2.45) is 0 Å². The van der Waals surface area contributed by atoms with Crippen LogP contribution in [0.15, 0.2) is 24.3 Å². The van der Waals surface area contributed by atoms with E-state index in [4.69, 9.17) is 9.47 Å². The van der Waals surface area contributed by atoms with Gasteiger partial charge in [-0.25, -0.2) is 0 Å². The van der Waals surface area contributed by atoms with Gasteiger partial charge in [-0.05, 0) is 50.5 Å². The first-order valence-electron chi connectivity index (χ1n) is 7.92. The Morgan fingerprint density at radius 1 is 0.952 bits per heavy atom. The molecule has 0 unspecified atom stereocenters. The van der Waals surface area contributed by atoms with Crippen LogP contribution in [0.4, 0.5) is 0 Å². The number of hydrogen-bond donors (Lipinski definition) is 1. The van der Waals surface area contributed by atoms with Crippen molar-refractivity contribution in [3.8, 4) is 11.5 Å². The summed E-state index contributed by atoms with van der Waals surface area (Å²) in [6.45, 7) is 5.28. The molecule has 0 saturated heterocycles. The van der Waals surface area contributed by atoms with Crippen LogP contribution in [-0.2, 0) is 0 Å². The van der Waals surface area contributed by atoms with E-state index in [9.17, 15) is 0 Å². The fraction of sp³-hybridized carbons (Fsp3) is 0.647. The van der Waals surface area contributed by atoms with Gasteiger partial charge in [0.25, 0.3) is 0 Å². The Bertz CT molecular complexity index is 360. The second kappa shape index (κ2) is 12.8. The normalized spacial score (nSPS) is 10.6. The van der Waals surface area contributed by atoms with E-state index in [2.05, 4.69) is 11.6 Å². The Morgan fingerprint density at radius 2 is 1.67 bits per heavy atom. The fourth-order valence-corrected chi connectivity index (χ4v) is 2.55. The molecule has 0 fully saturated rings. The molecule has 0 bridgehead atoms. The van der Waals surface area contributed by atoms with Crippen molar-refractivity contribution in [1.82, 2.24) is 5.32 Å². The number of benzene rings is 1. The third-order valence-electron chi connectivity index (χ3n) is 3.14. The third kappa shape index (κ3) is 8.89. The zero-order chi connectivity index (χ0) is 15.2. The van der Waals surface area contributed by atoms with Crippen LogP contribution in [0.5, 0.6) is 11.5 Å². The van der Waals surface area contributed by atoms with Crippen LogP contribution in [0.3, 0.4) is 0 Å². The standard InChI is InChI=1S/C17H29NO2S/c1-3-19-16-10-6-7-11-17(16)20-14-13-18-12-8-4-5-9-15-21-2/h6-7,10-11,18H,3-5,8-9,12-15H2,1-2H3. The molecule has 0 amide bonds. The van der Waals surface area contributed by atoms with Crippen molar-refractivity contribution in [2.45, 2.75) is 32.6 Å². The molecule has 0 aliphatic rings. The van der Waals surface area contributed by atoms with Crippen molar-refractivity contribution >= 4 is 11.8 Å². The van der Waals surface area contributed by atoms with Gasteiger partial charge in [-0.2, -0.15) is 11.8 Å². The largest absolute Gasteiger partial charge is 0.490 e. The lowest BCUT2D eigenvalue weighted by molar-refractivity contribution is 0.275. The number of unbranched alkanes of at least 4 members (excludes halogenated alkanes) is 3. The van der Waals surface area contributed by atoms with E-state index in [1.165, 1.54) is 31.4 Å². The van der Waals surface area contributed by atoms with Crippen LogP contribution in [0.25, 0.3) is 0 Å². The smallest absolute Gasteiger partial charge is 0.161 e. The van der Waals surface area contributed by atoms with Crippen LogP contribution >= 0.6 is 11.8 Å². The predicted octanol–water partition coefficient (Wildman–Crippen LogP) is 3.98. The number of para-hydroxylation sites is 2. The van der Waals surface area contributed by atoms with Gasteiger partial charge in [0.2, 0.25) is 0 Å². The minimum atomic E-state index is 0.662. The van der Waals surface area contributed by atoms with Crippen LogP contribution in [0.2, 0.25) is 0 Å². The first kappa shape index (κ1) is 18.2. The van der Waals surface area contributed by atoms with E-state index < -0.39 is 0 Å². The number of rotatable bonds is 13. The van der Waals surface area contributed by atoms with Crippen molar-refractivity contribution in [3.63, 3.8) is 0 Å². The van der Waals surface area contributed by atoms with Gasteiger partial charge in [0, 0.05) is 6.54 Å². The molecular weight excluding hydrogens is 282 g/mol. The van der Waals surface area contributed by atoms with E-state index >= 15 is 0 Å². The van der Waals surface area contributed by atoms with E-state index in [0.717, 1.165) is 24.6 Å². The average molecular weight is 311 g/mol. The molecule has 0 spiro atoms. The quantitative estimate of drug-likeness (QED) is 0.558. The summed E-state index contributed by atoms with van der Waals surface area (Å²) in [7, 11) is 0. The van der Waals surface area contributed by atoms with Gasteiger partial charge in [-0.15, -0.1) is 0 Å². The number of nitrogens with one attached hydrogen (secondary N) is 1. The maximum atomic E-state index is 5.76. The molecule has 1 aromatic rings. The zero-order valence-corrected chi connectivity index (χ0v) is 14.2. The van der Waals surface area contributed by atoms with Gasteiger partial charge in [-0.1, -0.05) is 25.0 Å². The minimum Gasteiger partial charge on any atom is -0.490 e. The molecule has 4 heteroatoms. The SMILES string of the molecule is CCOc1ccccc1OCCNCCCCCCSC. The Morgan fingerprint density at radius 3 is 2.38 bits per heavy atom. The summed E-state index contributed by atoms with van der Waals surface area (Å²) < 4.78 is 11.3. The maximum absolute atomic E-state index is 5.76. The topological polar surface area (TPSA) is 30.5 Å². The lowest BCUT2D eigenvalue weighted by Crippen LogP contribution is -2.22. The number of hydrogen-bond acceptors (Lipinski definition) is 4. The molecule has 0 heterocycles. The molecule has 0 saturated carbocycles. The van der Waals surface area contributed by atoms with Crippen LogP contribution < -0.4 is 14.8 Å². The summed E-state index contributed by atoms with van der Waals surface area (Å²) in [6, 6.07) is 7.84. The second-order valence-corrected chi connectivity index (χ2v) is 5.87. The van der Waals surface area contributed by atoms with Crippen LogP contribution in [-0.4, -0.2) is 38.3 Å². The molecule has 120 valence electrons. The Balaban J connectivity index is 2.01. The molecule has 1 aromatic carbocycles. The average Bonchev–Trinajstić information content (AvgIpc) is 2.51. The van der Waals surface area contributed by atoms with Crippen molar-refractivity contribution in [3.05, 3.63) is 24.3 Å². The lowest BCUT2D eigenvalue weighted by Gasteiger charge is -2.11. The lowest BCUT2D eigenvalue weighted by atomic mass is 10.2. The van der Waals surface area contributed by atoms with Crippen molar-refractivity contribution < 1.29 is 9.47 Å². The Labute approximate surface area is 133 Å². The van der Waals surface area contributed by atoms with Crippen molar-refractivity contribution in [2.75, 3.05) is 38.3 Å². The summed E-state index contributed by atoms with van der Waals surface area (Å²) in [5.41, 5.74) is 0. The van der Waals surface area contributed by atoms with Gasteiger partial charge in [-0.3, -0.25) is 0 Å². The molecular formula is C17H29NO2S. The first-order chi connectivity index (χ1) is 10.4. The molecule has 21 heavy (non-hydrogen) atoms. The minimum absolute atomic E-state index is 0.662. The highest BCUT2D eigenvalue weighted by molar-refractivity contribution is 7.98. The summed E-state index contributed by atoms with van der Waals surface area (Å²) in [5, 5.41) is 3.43. The predicted molar refractivity (Wildman–Crippen MR) is 92.8 cm³/mol. The Kier molecular flexibility index (Phi) is 11.1. The van der Waals surface area contributed by atoms with Gasteiger partial charge in [0.05, 0.1) is 6.61 Å². The highest BCUT2D eigenvalue weighted by atomic mass is 32.2. The molecule has 0 aromatic heterocycles. The van der Waals surface area contributed by atoms with Crippen LogP contribution in [0, 0.1) is 0 Å². The van der Waals surface area contributed by atoms with Crippen LogP contribution in [0.1, 0.15) is 32.6 Å². The van der Waals surface area contributed by atoms with Gasteiger partial charge in [0.1, 0.15) is 6.61 Å². The second-order valence-electron chi connectivity index (χ2n) is 4.89. The molecule has 1 N–H and O–H groups in total. The van der Waals surface area contributed by atoms with E-state index in [1.807, 2.05) is 43.0 Å². The summed E-state index contributed by atoms with van der Waals surface area (Å²) in [5.74, 6) is 2.95. The Hall–Kier alpha value is -0.870. The summed E-state index contributed by atoms with van der Waals surface area (Å²) >= 11 is 1.94. The van der Waals surface area contributed by atoms with E-state index in [1.54, 1.807) is 0 Å².